The molecule has 18 heteroatoms. The number of esters is 1. The van der Waals surface area contributed by atoms with E-state index in [2.05, 4.69) is 35.9 Å². The number of fused-ring (bicyclic) bond motifs is 3. The number of rotatable bonds is 7. The fraction of sp³-hybridized carbons (Fsp3) is 0.486. The first kappa shape index (κ1) is 40.4. The first-order chi connectivity index (χ1) is 26.4. The smallest absolute Gasteiger partial charge is 0.329 e. The maximum Gasteiger partial charge on any atom is 0.329 e. The Morgan fingerprint density at radius 3 is 2.78 bits per heavy atom. The quantitative estimate of drug-likeness (QED) is 0.253. The Morgan fingerprint density at radius 1 is 1.18 bits per heavy atom. The van der Waals surface area contributed by atoms with Crippen molar-refractivity contribution in [2.45, 2.75) is 83.8 Å². The van der Waals surface area contributed by atoms with Crippen LogP contribution in [0.15, 0.2) is 65.2 Å². The number of nitrogens with one attached hydrogen (secondary N) is 2. The molecule has 294 valence electrons. The third-order valence-corrected chi connectivity index (χ3v) is 9.08. The number of cyclic esters (lactones) is 1. The van der Waals surface area contributed by atoms with Crippen LogP contribution in [0, 0.1) is 11.8 Å². The topological polar surface area (TPSA) is 234 Å². The zero-order valence-corrected chi connectivity index (χ0v) is 31.0. The number of amides is 3. The highest BCUT2D eigenvalue weighted by atomic mass is 19.1. The van der Waals surface area contributed by atoms with Crippen LogP contribution in [0.3, 0.4) is 0 Å². The monoisotopic (exact) mass is 762 g/mol. The van der Waals surface area contributed by atoms with Gasteiger partial charge < -0.3 is 35.5 Å². The van der Waals surface area contributed by atoms with Gasteiger partial charge in [0.2, 0.25) is 11.8 Å². The van der Waals surface area contributed by atoms with Gasteiger partial charge in [-0.05, 0) is 31.8 Å². The lowest BCUT2D eigenvalue weighted by molar-refractivity contribution is -0.159. The van der Waals surface area contributed by atoms with E-state index in [1.807, 2.05) is 13.8 Å². The molecule has 0 aliphatic carbocycles. The van der Waals surface area contributed by atoms with E-state index in [1.165, 1.54) is 23.4 Å². The minimum absolute atomic E-state index is 0.0113. The molecule has 5 N–H and O–H groups in total. The van der Waals surface area contributed by atoms with Crippen molar-refractivity contribution in [3.05, 3.63) is 72.4 Å². The van der Waals surface area contributed by atoms with E-state index in [0.29, 0.717) is 36.3 Å². The molecule has 17 nitrogen and oxygen atoms in total. The lowest BCUT2D eigenvalue weighted by atomic mass is 9.89. The number of anilines is 1. The van der Waals surface area contributed by atoms with Crippen molar-refractivity contribution in [2.75, 3.05) is 25.4 Å². The van der Waals surface area contributed by atoms with Crippen LogP contribution in [0.2, 0.25) is 0 Å². The highest BCUT2D eigenvalue weighted by Crippen LogP contribution is 2.27. The van der Waals surface area contributed by atoms with Crippen LogP contribution in [0.5, 0.6) is 0 Å². The number of halogens is 1. The molecule has 2 bridgehead atoms. The van der Waals surface area contributed by atoms with Crippen LogP contribution in [-0.2, 0) is 32.1 Å². The summed E-state index contributed by atoms with van der Waals surface area (Å²) in [5, 5.41) is 24.2. The van der Waals surface area contributed by atoms with Crippen LogP contribution in [0.4, 0.5) is 10.2 Å². The molecule has 5 rings (SSSR count). The van der Waals surface area contributed by atoms with Crippen molar-refractivity contribution < 1.29 is 37.8 Å². The van der Waals surface area contributed by atoms with Crippen LogP contribution in [0.25, 0.3) is 11.4 Å². The number of alkyl halides is 1. The third-order valence-electron chi connectivity index (χ3n) is 9.08. The Labute approximate surface area is 317 Å². The van der Waals surface area contributed by atoms with Gasteiger partial charge in [0.1, 0.15) is 42.4 Å². The number of nitrogens with two attached hydrogens (primary N) is 1. The van der Waals surface area contributed by atoms with Gasteiger partial charge in [-0.15, -0.1) is 5.10 Å². The van der Waals surface area contributed by atoms with Gasteiger partial charge in [0, 0.05) is 44.5 Å². The molecule has 1 fully saturated rings. The largest absolute Gasteiger partial charge is 0.460 e. The second-order valence-electron chi connectivity index (χ2n) is 13.9. The number of aliphatic hydroxyl groups is 1. The molecule has 0 radical (unpaired) electrons. The normalized spacial score (nSPS) is 23.8. The molecule has 5 unspecified atom stereocenters. The predicted molar refractivity (Wildman–Crippen MR) is 196 cm³/mol. The molecule has 1 saturated heterocycles. The average Bonchev–Trinajstić information content (AvgIpc) is 3.92. The molecular formula is C37H47FN10O7. The first-order valence-electron chi connectivity index (χ1n) is 18.2. The summed E-state index contributed by atoms with van der Waals surface area (Å²) in [5.41, 5.74) is 7.31. The number of ether oxygens (including phenoxy) is 1. The predicted octanol–water partition coefficient (Wildman–Crippen LogP) is 2.12. The summed E-state index contributed by atoms with van der Waals surface area (Å²) >= 11 is 0. The van der Waals surface area contributed by atoms with Gasteiger partial charge >= 0.3 is 5.97 Å². The summed E-state index contributed by atoms with van der Waals surface area (Å²) in [5.74, 6) is -2.77. The molecule has 2 aliphatic heterocycles. The van der Waals surface area contributed by atoms with Gasteiger partial charge in [0.15, 0.2) is 11.6 Å². The number of allylic oxidation sites excluding steroid dienone is 2. The molecule has 0 spiro atoms. The molecule has 2 aliphatic rings. The molecule has 5 heterocycles. The number of aromatic nitrogens is 6. The first-order valence-corrected chi connectivity index (χ1v) is 18.2. The Bertz CT molecular complexity index is 1910. The van der Waals surface area contributed by atoms with Crippen LogP contribution in [-0.4, -0.2) is 108 Å². The van der Waals surface area contributed by atoms with Crippen LogP contribution >= 0.6 is 0 Å². The number of hydrogen-bond donors (Lipinski definition) is 4. The number of hydrogen-bond acceptors (Lipinski definition) is 13. The van der Waals surface area contributed by atoms with Gasteiger partial charge in [-0.25, -0.2) is 24.1 Å². The number of oxazole rings is 1. The maximum absolute atomic E-state index is 14.8. The van der Waals surface area contributed by atoms with Crippen molar-refractivity contribution in [2.24, 2.45) is 11.8 Å². The maximum atomic E-state index is 14.8. The van der Waals surface area contributed by atoms with Gasteiger partial charge in [0.25, 0.3) is 5.91 Å². The number of nitrogens with zero attached hydrogens (tertiary/aromatic N) is 7. The molecule has 3 amide bonds. The highest BCUT2D eigenvalue weighted by Gasteiger charge is 2.39. The van der Waals surface area contributed by atoms with Gasteiger partial charge in [-0.3, -0.25) is 19.1 Å². The Hall–Kier alpha value is -5.78. The third kappa shape index (κ3) is 11.6. The van der Waals surface area contributed by atoms with Crippen molar-refractivity contribution in [3.8, 4) is 11.4 Å². The number of carbonyl (C=O) groups is 4. The van der Waals surface area contributed by atoms with Crippen LogP contribution < -0.4 is 16.4 Å². The summed E-state index contributed by atoms with van der Waals surface area (Å²) in [7, 11) is 0. The molecule has 3 aromatic rings. The molecule has 55 heavy (non-hydrogen) atoms. The molecule has 5 atom stereocenters. The summed E-state index contributed by atoms with van der Waals surface area (Å²) < 4.78 is 27.9. The molecule has 3 aromatic heterocycles. The highest BCUT2D eigenvalue weighted by molar-refractivity contribution is 5.95. The SMILES string of the molecule is CC1=CC(O)CC(F)Cc2nc(co2)C(=O)N2CCCC2C(=O)OC(C(C)C)C(CC(=O)NCCn2cc(-c3cc(N)ncn3)nn2)/C=C/C(=O)NCC=C1. The van der Waals surface area contributed by atoms with Crippen molar-refractivity contribution in [1.29, 1.82) is 0 Å². The number of nitrogen functional groups attached to an aromatic ring is 1. The minimum atomic E-state index is -1.51. The molecule has 0 aromatic carbocycles. The second kappa shape index (κ2) is 19.0. The van der Waals surface area contributed by atoms with E-state index in [9.17, 15) is 28.7 Å². The van der Waals surface area contributed by atoms with Crippen molar-refractivity contribution in [1.82, 2.24) is 45.5 Å². The summed E-state index contributed by atoms with van der Waals surface area (Å²) in [6, 6.07) is 0.636. The lowest BCUT2D eigenvalue weighted by Gasteiger charge is -2.30. The van der Waals surface area contributed by atoms with E-state index in [-0.39, 0.29) is 68.1 Å². The molecular weight excluding hydrogens is 715 g/mol. The zero-order valence-electron chi connectivity index (χ0n) is 31.0. The van der Waals surface area contributed by atoms with Crippen molar-refractivity contribution >= 4 is 29.5 Å². The van der Waals surface area contributed by atoms with E-state index < -0.39 is 48.1 Å². The lowest BCUT2D eigenvalue weighted by Crippen LogP contribution is -2.44. The second-order valence-corrected chi connectivity index (χ2v) is 13.9. The number of carbonyl (C=O) groups excluding carboxylic acids is 4. The molecule has 0 saturated carbocycles. The summed E-state index contributed by atoms with van der Waals surface area (Å²) in [6.45, 7) is 6.30. The van der Waals surface area contributed by atoms with E-state index in [1.54, 1.807) is 42.1 Å². The van der Waals surface area contributed by atoms with E-state index >= 15 is 0 Å². The van der Waals surface area contributed by atoms with Crippen LogP contribution in [0.1, 0.15) is 62.8 Å². The van der Waals surface area contributed by atoms with Crippen molar-refractivity contribution in [3.63, 3.8) is 0 Å². The number of aliphatic hydroxyl groups excluding tert-OH is 1. The zero-order chi connectivity index (χ0) is 39.5. The average molecular weight is 763 g/mol. The Balaban J connectivity index is 1.32. The Morgan fingerprint density at radius 2 is 2.00 bits per heavy atom. The fourth-order valence-corrected chi connectivity index (χ4v) is 6.40. The summed E-state index contributed by atoms with van der Waals surface area (Å²) in [6.07, 6.45) is 8.62. The van der Waals surface area contributed by atoms with E-state index in [4.69, 9.17) is 14.9 Å². The summed E-state index contributed by atoms with van der Waals surface area (Å²) in [4.78, 5) is 67.0. The standard InChI is InChI=1S/C37H47FN10O7/c1-22(2)35-24(15-33(51)41-11-13-47-19-28(45-46-47)27-18-31(39)43-21-42-27)8-9-32(50)40-10-4-6-23(3)14-26(49)16-25(38)17-34-44-29(20-54-34)36(52)48-12-5-7-30(48)37(53)55-35/h4,6,8-9,14,18-22,24-26,30,35,49H,5,7,10-13,15-17H2,1-3H3,(H,40,50)(H,41,51)(H2,39,42,43)/b6-4?,9-8+,23-14?. The van der Waals surface area contributed by atoms with E-state index in [0.717, 1.165) is 6.26 Å². The minimum Gasteiger partial charge on any atom is -0.460 e. The van der Waals surface area contributed by atoms with Gasteiger partial charge in [0.05, 0.1) is 31.0 Å². The van der Waals surface area contributed by atoms with Gasteiger partial charge in [-0.2, -0.15) is 0 Å². The fourth-order valence-electron chi connectivity index (χ4n) is 6.40. The van der Waals surface area contributed by atoms with Gasteiger partial charge in [-0.1, -0.05) is 48.9 Å². The Kier molecular flexibility index (Phi) is 14.0.